The molecule has 6 heteroatoms. The average molecular weight is 346 g/mol. The quantitative estimate of drug-likeness (QED) is 0.897. The number of benzene rings is 1. The van der Waals surface area contributed by atoms with Gasteiger partial charge in [0.05, 0.1) is 0 Å². The van der Waals surface area contributed by atoms with Gasteiger partial charge >= 0.3 is 0 Å². The molecule has 0 saturated heterocycles. The third kappa shape index (κ3) is 4.11. The lowest BCUT2D eigenvalue weighted by Gasteiger charge is -2.18. The third-order valence-corrected chi connectivity index (χ3v) is 3.92. The number of nitrogens with one attached hydrogen (secondary N) is 1. The highest BCUT2D eigenvalue weighted by Crippen LogP contribution is 2.20. The van der Waals surface area contributed by atoms with Crippen molar-refractivity contribution in [2.45, 2.75) is 20.8 Å². The first kappa shape index (κ1) is 17.9. The largest absolute Gasteiger partial charge is 0.338 e. The zero-order valence-electron chi connectivity index (χ0n) is 14.0. The fraction of sp³-hybridized carbons (Fsp3) is 0.278. The highest BCUT2D eigenvalue weighted by molar-refractivity contribution is 6.30. The minimum absolute atomic E-state index is 0.183. The number of anilines is 1. The maximum Gasteiger partial charge on any atom is 0.274 e. The summed E-state index contributed by atoms with van der Waals surface area (Å²) in [5.74, 6) is -0.549. The number of rotatable bonds is 5. The van der Waals surface area contributed by atoms with Crippen LogP contribution in [-0.2, 0) is 0 Å². The monoisotopic (exact) mass is 345 g/mol. The number of carbonyl (C=O) groups excluding carboxylic acids is 2. The van der Waals surface area contributed by atoms with Gasteiger partial charge in [-0.25, -0.2) is 4.98 Å². The third-order valence-electron chi connectivity index (χ3n) is 3.69. The van der Waals surface area contributed by atoms with E-state index < -0.39 is 0 Å². The van der Waals surface area contributed by atoms with Crippen molar-refractivity contribution in [3.8, 4) is 0 Å². The number of carbonyl (C=O) groups is 2. The van der Waals surface area contributed by atoms with Gasteiger partial charge in [-0.3, -0.25) is 9.59 Å². The van der Waals surface area contributed by atoms with Crippen LogP contribution in [0.1, 0.15) is 40.4 Å². The molecular weight excluding hydrogens is 326 g/mol. The fourth-order valence-electron chi connectivity index (χ4n) is 2.31. The van der Waals surface area contributed by atoms with Crippen LogP contribution in [0.15, 0.2) is 36.4 Å². The molecule has 1 aromatic heterocycles. The minimum atomic E-state index is -0.366. The fourth-order valence-corrected chi connectivity index (χ4v) is 2.53. The molecule has 0 atom stereocenters. The summed E-state index contributed by atoms with van der Waals surface area (Å²) >= 11 is 5.92. The van der Waals surface area contributed by atoms with Crippen LogP contribution in [-0.4, -0.2) is 34.8 Å². The van der Waals surface area contributed by atoms with Gasteiger partial charge in [-0.2, -0.15) is 0 Å². The molecule has 2 aromatic rings. The molecule has 0 aliphatic heterocycles. The summed E-state index contributed by atoms with van der Waals surface area (Å²) in [5.41, 5.74) is 1.97. The minimum Gasteiger partial charge on any atom is -0.338 e. The molecule has 0 aliphatic rings. The van der Waals surface area contributed by atoms with Gasteiger partial charge in [0.1, 0.15) is 11.4 Å². The SMILES string of the molecule is CCN(CC)C(=O)c1cccc(C(=O)Nc2ccc(Cl)cc2C)n1. The van der Waals surface area contributed by atoms with E-state index >= 15 is 0 Å². The number of nitrogens with zero attached hydrogens (tertiary/aromatic N) is 2. The van der Waals surface area contributed by atoms with Crippen LogP contribution < -0.4 is 5.32 Å². The molecule has 0 aliphatic carbocycles. The molecule has 1 N–H and O–H groups in total. The van der Waals surface area contributed by atoms with Crippen molar-refractivity contribution in [2.24, 2.45) is 0 Å². The Morgan fingerprint density at radius 2 is 1.79 bits per heavy atom. The Hall–Kier alpha value is -2.40. The summed E-state index contributed by atoms with van der Waals surface area (Å²) in [6.07, 6.45) is 0. The zero-order chi connectivity index (χ0) is 17.7. The van der Waals surface area contributed by atoms with Crippen LogP contribution in [0.3, 0.4) is 0 Å². The molecule has 0 saturated carbocycles. The molecule has 0 unspecified atom stereocenters. The second-order valence-electron chi connectivity index (χ2n) is 5.30. The molecule has 0 bridgehead atoms. The predicted molar refractivity (Wildman–Crippen MR) is 95.6 cm³/mol. The Balaban J connectivity index is 2.21. The van der Waals surface area contributed by atoms with Gasteiger partial charge in [-0.15, -0.1) is 0 Å². The van der Waals surface area contributed by atoms with E-state index in [9.17, 15) is 9.59 Å². The van der Waals surface area contributed by atoms with Crippen LogP contribution in [0, 0.1) is 6.92 Å². The molecule has 24 heavy (non-hydrogen) atoms. The van der Waals surface area contributed by atoms with Gasteiger partial charge in [0.25, 0.3) is 11.8 Å². The van der Waals surface area contributed by atoms with Crippen molar-refractivity contribution in [1.82, 2.24) is 9.88 Å². The Morgan fingerprint density at radius 3 is 2.42 bits per heavy atom. The maximum absolute atomic E-state index is 12.4. The van der Waals surface area contributed by atoms with Crippen molar-refractivity contribution in [3.63, 3.8) is 0 Å². The first-order valence-electron chi connectivity index (χ1n) is 7.80. The number of halogens is 1. The summed E-state index contributed by atoms with van der Waals surface area (Å²) in [6.45, 7) is 6.85. The van der Waals surface area contributed by atoms with Crippen LogP contribution in [0.4, 0.5) is 5.69 Å². The van der Waals surface area contributed by atoms with Crippen molar-refractivity contribution in [2.75, 3.05) is 18.4 Å². The van der Waals surface area contributed by atoms with E-state index in [0.717, 1.165) is 5.56 Å². The summed E-state index contributed by atoms with van der Waals surface area (Å²) in [6, 6.07) is 10.1. The smallest absolute Gasteiger partial charge is 0.274 e. The number of aryl methyl sites for hydroxylation is 1. The van der Waals surface area contributed by atoms with Crippen molar-refractivity contribution in [1.29, 1.82) is 0 Å². The second-order valence-corrected chi connectivity index (χ2v) is 5.74. The average Bonchev–Trinajstić information content (AvgIpc) is 2.58. The van der Waals surface area contributed by atoms with E-state index in [1.807, 2.05) is 20.8 Å². The summed E-state index contributed by atoms with van der Waals surface area (Å²) < 4.78 is 0. The van der Waals surface area contributed by atoms with Gasteiger partial charge in [-0.05, 0) is 56.7 Å². The van der Waals surface area contributed by atoms with E-state index in [0.29, 0.717) is 23.8 Å². The molecule has 126 valence electrons. The molecule has 2 rings (SSSR count). The number of hydrogen-bond donors (Lipinski definition) is 1. The van der Waals surface area contributed by atoms with Crippen LogP contribution in [0.2, 0.25) is 5.02 Å². The highest BCUT2D eigenvalue weighted by Gasteiger charge is 2.16. The van der Waals surface area contributed by atoms with E-state index in [4.69, 9.17) is 11.6 Å². The lowest BCUT2D eigenvalue weighted by atomic mass is 10.2. The Kier molecular flexibility index (Phi) is 5.93. The Morgan fingerprint density at radius 1 is 1.12 bits per heavy atom. The second kappa shape index (κ2) is 7.93. The van der Waals surface area contributed by atoms with Crippen LogP contribution >= 0.6 is 11.6 Å². The first-order valence-corrected chi connectivity index (χ1v) is 8.17. The summed E-state index contributed by atoms with van der Waals surface area (Å²) in [5, 5.41) is 3.40. The van der Waals surface area contributed by atoms with Crippen LogP contribution in [0.25, 0.3) is 0 Å². The molecule has 1 aromatic carbocycles. The molecular formula is C18H20ClN3O2. The van der Waals surface area contributed by atoms with Gasteiger partial charge in [0, 0.05) is 23.8 Å². The van der Waals surface area contributed by atoms with Crippen molar-refractivity contribution in [3.05, 3.63) is 58.4 Å². The van der Waals surface area contributed by atoms with Crippen LogP contribution in [0.5, 0.6) is 0 Å². The molecule has 1 heterocycles. The van der Waals surface area contributed by atoms with Gasteiger partial charge < -0.3 is 10.2 Å². The number of pyridine rings is 1. The molecule has 0 fully saturated rings. The number of amides is 2. The maximum atomic E-state index is 12.4. The molecule has 0 spiro atoms. The Labute approximate surface area is 146 Å². The van der Waals surface area contributed by atoms with E-state index in [2.05, 4.69) is 10.3 Å². The first-order chi connectivity index (χ1) is 11.5. The van der Waals surface area contributed by atoms with E-state index in [-0.39, 0.29) is 23.2 Å². The Bertz CT molecular complexity index is 758. The van der Waals surface area contributed by atoms with E-state index in [1.54, 1.807) is 41.3 Å². The van der Waals surface area contributed by atoms with Gasteiger partial charge in [-0.1, -0.05) is 17.7 Å². The predicted octanol–water partition coefficient (Wildman–Crippen LogP) is 3.78. The summed E-state index contributed by atoms with van der Waals surface area (Å²) in [7, 11) is 0. The van der Waals surface area contributed by atoms with Gasteiger partial charge in [0.2, 0.25) is 0 Å². The van der Waals surface area contributed by atoms with E-state index in [1.165, 1.54) is 0 Å². The van der Waals surface area contributed by atoms with Gasteiger partial charge in [0.15, 0.2) is 0 Å². The molecule has 2 amide bonds. The van der Waals surface area contributed by atoms with Crippen molar-refractivity contribution < 1.29 is 9.59 Å². The van der Waals surface area contributed by atoms with Crippen molar-refractivity contribution >= 4 is 29.1 Å². The lowest BCUT2D eigenvalue weighted by molar-refractivity contribution is 0.0767. The zero-order valence-corrected chi connectivity index (χ0v) is 14.7. The normalized spacial score (nSPS) is 10.3. The highest BCUT2D eigenvalue weighted by atomic mass is 35.5. The lowest BCUT2D eigenvalue weighted by Crippen LogP contribution is -2.31. The molecule has 5 nitrogen and oxygen atoms in total. The number of hydrogen-bond acceptors (Lipinski definition) is 3. The molecule has 0 radical (unpaired) electrons. The topological polar surface area (TPSA) is 62.3 Å². The summed E-state index contributed by atoms with van der Waals surface area (Å²) in [4.78, 5) is 30.6. The number of aromatic nitrogens is 1. The standard InChI is InChI=1S/C18H20ClN3O2/c1-4-22(5-2)18(24)16-8-6-7-15(20-16)17(23)21-14-10-9-13(19)11-12(14)3/h6-11H,4-5H2,1-3H3,(H,21,23).